The molecule has 0 amide bonds. The van der Waals surface area contributed by atoms with Crippen molar-refractivity contribution in [3.05, 3.63) is 117 Å². The summed E-state index contributed by atoms with van der Waals surface area (Å²) in [6.07, 6.45) is -10.8. The van der Waals surface area contributed by atoms with Gasteiger partial charge in [-0.05, 0) is 44.5 Å². The number of rotatable bonds is 6. The van der Waals surface area contributed by atoms with Crippen molar-refractivity contribution in [3.8, 4) is 11.5 Å². The number of anilines is 2. The lowest BCUT2D eigenvalue weighted by Crippen LogP contribution is -2.61. The van der Waals surface area contributed by atoms with E-state index < -0.39 is 74.5 Å². The van der Waals surface area contributed by atoms with E-state index in [0.29, 0.717) is 55.9 Å². The Labute approximate surface area is 311 Å². The third-order valence-corrected chi connectivity index (χ3v) is 10.8. The number of phenols is 2. The molecule has 2 saturated heterocycles. The Morgan fingerprint density at radius 2 is 0.722 bits per heavy atom. The molecule has 0 radical (unpaired) electrons. The predicted molar refractivity (Wildman–Crippen MR) is 195 cm³/mol. The molecule has 0 saturated carbocycles. The first-order valence-electron chi connectivity index (χ1n) is 17.9. The molecule has 7 rings (SSSR count). The molecule has 2 aliphatic heterocycles. The SMILES string of the molecule is OC[C@H]1O[C@H](O)[C@@H](Nc2c3cccc2Cc2cccc(c2O)Cc2cccc(c2N[C@@H]2C(O)O[C@H](CO)[C@@H](O)[C@@H]2O)Cc2cccc(c2O)C3)[C@@H](O)[C@@H]1O. The van der Waals surface area contributed by atoms with E-state index >= 15 is 0 Å². The zero-order chi connectivity index (χ0) is 38.3. The fourth-order valence-corrected chi connectivity index (χ4v) is 7.79. The minimum atomic E-state index is -1.59. The predicted octanol–water partition coefficient (Wildman–Crippen LogP) is 0.198. The van der Waals surface area contributed by atoms with Gasteiger partial charge in [0.25, 0.3) is 0 Å². The van der Waals surface area contributed by atoms with Gasteiger partial charge in [-0.1, -0.05) is 72.8 Å². The van der Waals surface area contributed by atoms with Crippen molar-refractivity contribution < 1.29 is 60.5 Å². The van der Waals surface area contributed by atoms with E-state index in [0.717, 1.165) is 0 Å². The summed E-state index contributed by atoms with van der Waals surface area (Å²) >= 11 is 0. The standard InChI is InChI=1S/C40H46N2O12/c43-17-27-35(47)37(49)31(39(51)53-27)41-29-19-5-1-6-20(29)14-24-10-4-12-26(34(24)46)16-22-8-2-7-21(15-25-11-3-9-23(13-19)33(25)45)30(22)42-32-38(50)36(48)28(18-44)54-40(32)52/h1-12,27-28,31-32,35-52H,13-18H2/t27-,28-,31+,32+,35-,36-,37-,38-,39+,40?/m1/s1. The molecular formula is C40H46N2O12. The van der Waals surface area contributed by atoms with E-state index in [9.17, 15) is 51.1 Å². The molecule has 12 N–H and O–H groups in total. The lowest BCUT2D eigenvalue weighted by molar-refractivity contribution is -0.245. The number of aromatic hydroxyl groups is 2. The first kappa shape index (κ1) is 38.0. The number of benzene rings is 4. The van der Waals surface area contributed by atoms with Crippen LogP contribution in [-0.4, -0.2) is 126 Å². The molecule has 1 aliphatic carbocycles. The maximum atomic E-state index is 11.7. The molecule has 2 fully saturated rings. The van der Waals surface area contributed by atoms with Crippen LogP contribution >= 0.6 is 0 Å². The van der Waals surface area contributed by atoms with Crippen LogP contribution in [0.3, 0.4) is 0 Å². The molecule has 8 bridgehead atoms. The molecule has 4 aromatic rings. The lowest BCUT2D eigenvalue weighted by atomic mass is 9.89. The highest BCUT2D eigenvalue weighted by atomic mass is 16.6. The number of nitrogens with one attached hydrogen (secondary N) is 2. The third kappa shape index (κ3) is 7.25. The second-order valence-electron chi connectivity index (χ2n) is 14.3. The average Bonchev–Trinajstić information content (AvgIpc) is 3.16. The molecule has 0 spiro atoms. The molecule has 288 valence electrons. The molecule has 54 heavy (non-hydrogen) atoms. The van der Waals surface area contributed by atoms with Crippen molar-refractivity contribution in [2.24, 2.45) is 0 Å². The zero-order valence-electron chi connectivity index (χ0n) is 29.2. The van der Waals surface area contributed by atoms with Crippen LogP contribution in [0.1, 0.15) is 44.5 Å². The Morgan fingerprint density at radius 1 is 0.444 bits per heavy atom. The summed E-state index contributed by atoms with van der Waals surface area (Å²) in [4.78, 5) is 0. The summed E-state index contributed by atoms with van der Waals surface area (Å²) in [5.41, 5.74) is 5.90. The van der Waals surface area contributed by atoms with Crippen LogP contribution in [0.4, 0.5) is 11.4 Å². The summed E-state index contributed by atoms with van der Waals surface area (Å²) in [6.45, 7) is -1.22. The van der Waals surface area contributed by atoms with Gasteiger partial charge < -0.3 is 71.2 Å². The van der Waals surface area contributed by atoms with Gasteiger partial charge in [0.2, 0.25) is 0 Å². The lowest BCUT2D eigenvalue weighted by Gasteiger charge is -2.41. The molecule has 0 aromatic heterocycles. The number of phenolic OH excluding ortho intramolecular Hbond substituents is 2. The second kappa shape index (κ2) is 15.8. The van der Waals surface area contributed by atoms with Gasteiger partial charge in [-0.2, -0.15) is 0 Å². The van der Waals surface area contributed by atoms with Crippen LogP contribution in [0, 0.1) is 0 Å². The Balaban J connectivity index is 1.33. The fraction of sp³-hybridized carbons (Fsp3) is 0.400. The summed E-state index contributed by atoms with van der Waals surface area (Å²) < 4.78 is 10.9. The number of ether oxygens (including phenoxy) is 2. The quantitative estimate of drug-likeness (QED) is 0.111. The number of aliphatic hydroxyl groups excluding tert-OH is 8. The van der Waals surface area contributed by atoms with Crippen molar-refractivity contribution in [3.63, 3.8) is 0 Å². The van der Waals surface area contributed by atoms with E-state index in [-0.39, 0.29) is 37.2 Å². The Kier molecular flexibility index (Phi) is 11.1. The van der Waals surface area contributed by atoms with Gasteiger partial charge in [-0.25, -0.2) is 0 Å². The van der Waals surface area contributed by atoms with Gasteiger partial charge in [0.15, 0.2) is 12.6 Å². The molecule has 14 nitrogen and oxygen atoms in total. The fourth-order valence-electron chi connectivity index (χ4n) is 7.79. The molecule has 4 aromatic carbocycles. The van der Waals surface area contributed by atoms with Gasteiger partial charge >= 0.3 is 0 Å². The Morgan fingerprint density at radius 3 is 1.00 bits per heavy atom. The van der Waals surface area contributed by atoms with E-state index in [1.54, 1.807) is 24.3 Å². The van der Waals surface area contributed by atoms with Crippen LogP contribution in [0.2, 0.25) is 0 Å². The summed E-state index contributed by atoms with van der Waals surface area (Å²) in [5.74, 6) is 0.0365. The molecule has 10 atom stereocenters. The molecule has 14 heteroatoms. The Hall–Kier alpha value is -4.32. The smallest absolute Gasteiger partial charge is 0.178 e. The second-order valence-corrected chi connectivity index (χ2v) is 14.3. The van der Waals surface area contributed by atoms with E-state index in [1.807, 2.05) is 48.5 Å². The monoisotopic (exact) mass is 746 g/mol. The van der Waals surface area contributed by atoms with Crippen molar-refractivity contribution in [1.29, 1.82) is 0 Å². The number of aliphatic hydroxyl groups is 8. The van der Waals surface area contributed by atoms with Crippen molar-refractivity contribution >= 4 is 11.4 Å². The third-order valence-electron chi connectivity index (χ3n) is 10.8. The van der Waals surface area contributed by atoms with Gasteiger partial charge in [0.05, 0.1) is 13.2 Å². The van der Waals surface area contributed by atoms with Crippen LogP contribution in [-0.2, 0) is 35.2 Å². The first-order chi connectivity index (χ1) is 26.0. The number of hydrogen-bond acceptors (Lipinski definition) is 14. The minimum Gasteiger partial charge on any atom is -0.507 e. The van der Waals surface area contributed by atoms with Crippen molar-refractivity contribution in [2.75, 3.05) is 23.8 Å². The van der Waals surface area contributed by atoms with Gasteiger partial charge in [-0.15, -0.1) is 0 Å². The molecule has 3 aliphatic rings. The van der Waals surface area contributed by atoms with Gasteiger partial charge in [0, 0.05) is 37.1 Å². The van der Waals surface area contributed by atoms with E-state index in [1.165, 1.54) is 0 Å². The van der Waals surface area contributed by atoms with E-state index in [2.05, 4.69) is 10.6 Å². The largest absolute Gasteiger partial charge is 0.507 e. The number of fused-ring (bicyclic) bond motifs is 8. The highest BCUT2D eigenvalue weighted by molar-refractivity contribution is 5.65. The Bertz CT molecular complexity index is 1740. The van der Waals surface area contributed by atoms with E-state index in [4.69, 9.17) is 9.47 Å². The first-order valence-corrected chi connectivity index (χ1v) is 17.9. The highest BCUT2D eigenvalue weighted by Gasteiger charge is 2.45. The zero-order valence-corrected chi connectivity index (χ0v) is 29.2. The van der Waals surface area contributed by atoms with Crippen LogP contribution in [0.5, 0.6) is 11.5 Å². The highest BCUT2D eigenvalue weighted by Crippen LogP contribution is 2.38. The maximum absolute atomic E-state index is 11.7. The van der Waals surface area contributed by atoms with Crippen LogP contribution in [0.15, 0.2) is 72.8 Å². The summed E-state index contributed by atoms with van der Waals surface area (Å²) in [7, 11) is 0. The minimum absolute atomic E-state index is 0.0183. The average molecular weight is 747 g/mol. The molecular weight excluding hydrogens is 700 g/mol. The number of hydrogen-bond donors (Lipinski definition) is 12. The normalized spacial score (nSPS) is 29.7. The van der Waals surface area contributed by atoms with Crippen LogP contribution in [0.25, 0.3) is 0 Å². The van der Waals surface area contributed by atoms with Crippen LogP contribution < -0.4 is 10.6 Å². The topological polar surface area (TPSA) is 245 Å². The number of para-hydroxylation sites is 4. The van der Waals surface area contributed by atoms with Gasteiger partial charge in [0.1, 0.15) is 60.2 Å². The van der Waals surface area contributed by atoms with Crippen molar-refractivity contribution in [1.82, 2.24) is 0 Å². The summed E-state index contributed by atoms with van der Waals surface area (Å²) in [5, 5.41) is 114. The van der Waals surface area contributed by atoms with Crippen molar-refractivity contribution in [2.45, 2.75) is 87.0 Å². The molecule has 2 heterocycles. The summed E-state index contributed by atoms with van der Waals surface area (Å²) in [6, 6.07) is 19.3. The maximum Gasteiger partial charge on any atom is 0.178 e. The van der Waals surface area contributed by atoms with Gasteiger partial charge in [-0.3, -0.25) is 0 Å². The molecule has 1 unspecified atom stereocenters.